The van der Waals surface area contributed by atoms with Crippen LogP contribution < -0.4 is 10.6 Å². The van der Waals surface area contributed by atoms with Crippen LogP contribution in [0, 0.1) is 10.1 Å². The van der Waals surface area contributed by atoms with Crippen molar-refractivity contribution in [2.24, 2.45) is 0 Å². The van der Waals surface area contributed by atoms with Gasteiger partial charge in [0.25, 0.3) is 5.69 Å². The van der Waals surface area contributed by atoms with E-state index in [1.807, 2.05) is 0 Å². The molecule has 1 rings (SSSR count). The lowest BCUT2D eigenvalue weighted by atomic mass is 10.2. The Hall–Kier alpha value is -2.30. The van der Waals surface area contributed by atoms with E-state index in [1.165, 1.54) is 19.2 Å². The summed E-state index contributed by atoms with van der Waals surface area (Å²) < 4.78 is 9.53. The van der Waals surface area contributed by atoms with E-state index in [1.54, 1.807) is 0 Å². The van der Waals surface area contributed by atoms with Crippen molar-refractivity contribution in [3.05, 3.63) is 33.3 Å². The largest absolute Gasteiger partial charge is 0.463 e. The molecule has 0 spiro atoms. The van der Waals surface area contributed by atoms with Crippen molar-refractivity contribution in [2.45, 2.75) is 12.8 Å². The number of anilines is 1. The number of hydrogen-bond acceptors (Lipinski definition) is 7. The normalized spacial score (nSPS) is 10.0. The van der Waals surface area contributed by atoms with Crippen molar-refractivity contribution < 1.29 is 24.0 Å². The Morgan fingerprint density at radius 3 is 2.68 bits per heavy atom. The first-order valence-corrected chi connectivity index (χ1v) is 7.81. The molecule has 0 aliphatic heterocycles. The number of amides is 1. The number of rotatable bonds is 8. The maximum Gasteiger partial charge on any atom is 0.306 e. The number of thiocarbonyl (C=S) groups is 1. The molecule has 0 radical (unpaired) electrons. The maximum absolute atomic E-state index is 11.7. The first kappa shape index (κ1) is 20.7. The van der Waals surface area contributed by atoms with Gasteiger partial charge in [-0.05, 0) is 24.4 Å². The number of halogens is 1. The highest BCUT2D eigenvalue weighted by Gasteiger charge is 2.16. The molecule has 1 aromatic rings. The molecule has 0 saturated carbocycles. The number of benzene rings is 1. The molecular formula is C14H16ClN3O6S. The molecule has 0 unspecified atom stereocenters. The summed E-state index contributed by atoms with van der Waals surface area (Å²) in [7, 11) is 1.47. The number of nitro groups is 1. The summed E-state index contributed by atoms with van der Waals surface area (Å²) in [5.41, 5.74) is -0.204. The Balaban J connectivity index is 2.48. The van der Waals surface area contributed by atoms with Gasteiger partial charge in [0.05, 0.1) is 18.0 Å². The Morgan fingerprint density at radius 2 is 2.04 bits per heavy atom. The Bertz CT molecular complexity index is 670. The van der Waals surface area contributed by atoms with Crippen LogP contribution in [-0.2, 0) is 19.1 Å². The lowest BCUT2D eigenvalue weighted by Gasteiger charge is -2.10. The molecule has 2 N–H and O–H groups in total. The van der Waals surface area contributed by atoms with Crippen LogP contribution in [0.3, 0.4) is 0 Å². The molecule has 0 aromatic heterocycles. The lowest BCUT2D eigenvalue weighted by molar-refractivity contribution is -0.383. The summed E-state index contributed by atoms with van der Waals surface area (Å²) in [5, 5.41) is 15.9. The zero-order valence-electron chi connectivity index (χ0n) is 13.2. The predicted molar refractivity (Wildman–Crippen MR) is 94.5 cm³/mol. The molecule has 9 nitrogen and oxygen atoms in total. The Labute approximate surface area is 153 Å². The first-order valence-electron chi connectivity index (χ1n) is 7.02. The zero-order valence-corrected chi connectivity index (χ0v) is 14.8. The van der Waals surface area contributed by atoms with Gasteiger partial charge in [0.15, 0.2) is 5.11 Å². The number of hydrogen-bond donors (Lipinski definition) is 2. The molecule has 0 fully saturated rings. The molecule has 0 atom stereocenters. The molecule has 136 valence electrons. The highest BCUT2D eigenvalue weighted by atomic mass is 35.5. The van der Waals surface area contributed by atoms with Gasteiger partial charge >= 0.3 is 5.97 Å². The molecule has 1 amide bonds. The molecule has 0 aliphatic rings. The van der Waals surface area contributed by atoms with E-state index in [4.69, 9.17) is 33.3 Å². The van der Waals surface area contributed by atoms with E-state index in [9.17, 15) is 19.7 Å². The van der Waals surface area contributed by atoms with Crippen molar-refractivity contribution in [1.82, 2.24) is 5.32 Å². The fourth-order valence-electron chi connectivity index (χ4n) is 1.63. The van der Waals surface area contributed by atoms with E-state index >= 15 is 0 Å². The van der Waals surface area contributed by atoms with Crippen LogP contribution in [0.25, 0.3) is 0 Å². The molecule has 0 bridgehead atoms. The van der Waals surface area contributed by atoms with Crippen LogP contribution in [-0.4, -0.2) is 42.2 Å². The summed E-state index contributed by atoms with van der Waals surface area (Å²) in [6.07, 6.45) is -0.268. The fraction of sp³-hybridized carbons (Fsp3) is 0.357. The molecule has 1 aromatic carbocycles. The summed E-state index contributed by atoms with van der Waals surface area (Å²) in [4.78, 5) is 33.4. The van der Waals surface area contributed by atoms with Gasteiger partial charge in [-0.1, -0.05) is 11.6 Å². The van der Waals surface area contributed by atoms with Gasteiger partial charge in [-0.15, -0.1) is 0 Å². The van der Waals surface area contributed by atoms with Gasteiger partial charge in [0, 0.05) is 24.6 Å². The summed E-state index contributed by atoms with van der Waals surface area (Å²) in [6, 6.07) is 3.97. The van der Waals surface area contributed by atoms with E-state index in [-0.39, 0.29) is 47.6 Å². The zero-order chi connectivity index (χ0) is 18.8. The third-order valence-electron chi connectivity index (χ3n) is 2.76. The van der Waals surface area contributed by atoms with Crippen LogP contribution in [0.1, 0.15) is 12.8 Å². The maximum atomic E-state index is 11.7. The van der Waals surface area contributed by atoms with Gasteiger partial charge < -0.3 is 20.1 Å². The van der Waals surface area contributed by atoms with Gasteiger partial charge in [0.1, 0.15) is 12.3 Å². The van der Waals surface area contributed by atoms with E-state index in [2.05, 4.69) is 10.6 Å². The number of nitro benzene ring substituents is 1. The Morgan fingerprint density at radius 1 is 1.32 bits per heavy atom. The SMILES string of the molecule is COCCOC(=O)CCC(=O)NC(=S)Nc1ccc(Cl)cc1[N+](=O)[O-]. The monoisotopic (exact) mass is 389 g/mol. The molecule has 11 heteroatoms. The lowest BCUT2D eigenvalue weighted by Crippen LogP contribution is -2.34. The van der Waals surface area contributed by atoms with Gasteiger partial charge in [-0.3, -0.25) is 19.7 Å². The van der Waals surface area contributed by atoms with Crippen LogP contribution >= 0.6 is 23.8 Å². The first-order chi connectivity index (χ1) is 11.8. The van der Waals surface area contributed by atoms with Crippen LogP contribution in [0.5, 0.6) is 0 Å². The number of carbonyl (C=O) groups is 2. The Kier molecular flexibility index (Phi) is 8.75. The van der Waals surface area contributed by atoms with E-state index in [0.29, 0.717) is 0 Å². The average molecular weight is 390 g/mol. The second-order valence-corrected chi connectivity index (χ2v) is 5.48. The van der Waals surface area contributed by atoms with Crippen LogP contribution in [0.2, 0.25) is 5.02 Å². The molecule has 25 heavy (non-hydrogen) atoms. The average Bonchev–Trinajstić information content (AvgIpc) is 2.54. The van der Waals surface area contributed by atoms with Crippen molar-refractivity contribution in [2.75, 3.05) is 25.6 Å². The smallest absolute Gasteiger partial charge is 0.306 e. The predicted octanol–water partition coefficient (Wildman–Crippen LogP) is 2.03. The minimum Gasteiger partial charge on any atom is -0.463 e. The third-order valence-corrected chi connectivity index (χ3v) is 3.20. The van der Waals surface area contributed by atoms with Gasteiger partial charge in [0.2, 0.25) is 5.91 Å². The number of nitrogens with one attached hydrogen (secondary N) is 2. The topological polar surface area (TPSA) is 120 Å². The van der Waals surface area contributed by atoms with Crippen LogP contribution in [0.15, 0.2) is 18.2 Å². The molecule has 0 saturated heterocycles. The molecule has 0 aliphatic carbocycles. The van der Waals surface area contributed by atoms with E-state index < -0.39 is 16.8 Å². The van der Waals surface area contributed by atoms with Gasteiger partial charge in [-0.2, -0.15) is 0 Å². The van der Waals surface area contributed by atoms with Gasteiger partial charge in [-0.25, -0.2) is 0 Å². The summed E-state index contributed by atoms with van der Waals surface area (Å²) in [5.74, 6) is -1.07. The second kappa shape index (κ2) is 10.5. The summed E-state index contributed by atoms with van der Waals surface area (Å²) >= 11 is 10.6. The second-order valence-electron chi connectivity index (χ2n) is 4.63. The van der Waals surface area contributed by atoms with Crippen molar-refractivity contribution in [3.8, 4) is 0 Å². The highest BCUT2D eigenvalue weighted by molar-refractivity contribution is 7.80. The summed E-state index contributed by atoms with van der Waals surface area (Å²) in [6.45, 7) is 0.378. The fourth-order valence-corrected chi connectivity index (χ4v) is 2.02. The minimum absolute atomic E-state index is 0.0821. The van der Waals surface area contributed by atoms with E-state index in [0.717, 1.165) is 6.07 Å². The number of ether oxygens (including phenoxy) is 2. The number of carbonyl (C=O) groups excluding carboxylic acids is 2. The molecule has 0 heterocycles. The minimum atomic E-state index is -0.630. The van der Waals surface area contributed by atoms with Crippen molar-refractivity contribution in [3.63, 3.8) is 0 Å². The number of nitrogens with zero attached hydrogens (tertiary/aromatic N) is 1. The molecular weight excluding hydrogens is 374 g/mol. The van der Waals surface area contributed by atoms with Crippen LogP contribution in [0.4, 0.5) is 11.4 Å². The number of methoxy groups -OCH3 is 1. The number of esters is 1. The third kappa shape index (κ3) is 7.88. The quantitative estimate of drug-likeness (QED) is 0.228. The van der Waals surface area contributed by atoms with Crippen molar-refractivity contribution >= 4 is 52.2 Å². The standard InChI is InChI=1S/C14H16ClN3O6S/c1-23-6-7-24-13(20)5-4-12(19)17-14(25)16-10-3-2-9(15)8-11(10)18(21)22/h2-3,8H,4-7H2,1H3,(H2,16,17,19,25). The van der Waals surface area contributed by atoms with Crippen molar-refractivity contribution in [1.29, 1.82) is 0 Å². The highest BCUT2D eigenvalue weighted by Crippen LogP contribution is 2.27.